The van der Waals surface area contributed by atoms with Crippen LogP contribution in [0.15, 0.2) is 182 Å². The second-order valence-electron chi connectivity index (χ2n) is 21.1. The first kappa shape index (κ1) is 77.8. The van der Waals surface area contributed by atoms with E-state index in [2.05, 4.69) is 63.2 Å². The number of ether oxygens (including phenoxy) is 5. The van der Waals surface area contributed by atoms with Gasteiger partial charge in [-0.15, -0.1) is 0 Å². The number of phenolic OH excluding ortho intramolecular Hbond substituents is 1. The maximum absolute atomic E-state index is 13.2. The minimum Gasteiger partial charge on any atom is -0.870 e. The Balaban J connectivity index is 0.000000555. The first-order chi connectivity index (χ1) is 39.9. The third-order valence-corrected chi connectivity index (χ3v) is 12.9. The smallest absolute Gasteiger partial charge is 0.870 e. The van der Waals surface area contributed by atoms with Crippen LogP contribution in [-0.4, -0.2) is 113 Å². The van der Waals surface area contributed by atoms with E-state index < -0.39 is 27.1 Å². The van der Waals surface area contributed by atoms with Crippen LogP contribution in [0.25, 0.3) is 22.5 Å². The monoisotopic (exact) mass is 1260 g/mol. The van der Waals surface area contributed by atoms with Crippen LogP contribution < -0.4 is 38.4 Å². The van der Waals surface area contributed by atoms with Crippen LogP contribution >= 0.6 is 15.9 Å². The Hall–Kier alpha value is -8.18. The number of nitrogens with one attached hydrogen (secondary N) is 3. The third kappa shape index (κ3) is 24.5. The molecule has 0 bridgehead atoms. The van der Waals surface area contributed by atoms with Crippen molar-refractivity contribution < 1.29 is 77.4 Å². The summed E-state index contributed by atoms with van der Waals surface area (Å²) in [4.78, 5) is 47.6. The molecule has 88 heavy (non-hydrogen) atoms. The van der Waals surface area contributed by atoms with Gasteiger partial charge in [0.25, 0.3) is 5.91 Å². The number of aromatic amines is 2. The molecule has 0 saturated carbocycles. The summed E-state index contributed by atoms with van der Waals surface area (Å²) in [5.41, 5.74) is 6.02. The van der Waals surface area contributed by atoms with E-state index in [0.29, 0.717) is 36.1 Å². The molecule has 20 heteroatoms. The number of esters is 2. The summed E-state index contributed by atoms with van der Waals surface area (Å²) in [6.45, 7) is 16.7. The SMILES string of the molecule is C.C.CC(C)(Oc1ccccc1)C(=O)N1CCc2[nH]nc(-c3ccccc3)c2C1.CC(C)(Oc1ccccc1)C(=O)O.COC(=O)C(C)(C)Br.COC(=O)C(C)(C)Oc1ccccc1.Oc1ccccc1.[Li+].[OH-].c1ccc(-c2n[nH]c3c2CNCC3)cc1. The van der Waals surface area contributed by atoms with E-state index >= 15 is 0 Å². The van der Waals surface area contributed by atoms with Crippen LogP contribution in [0.1, 0.15) is 92.8 Å². The molecule has 4 heterocycles. The van der Waals surface area contributed by atoms with E-state index in [-0.39, 0.29) is 57.0 Å². The van der Waals surface area contributed by atoms with Crippen molar-refractivity contribution in [2.75, 3.05) is 27.3 Å². The average Bonchev–Trinajstić information content (AvgIpc) is 1.69. The average molecular weight is 1270 g/mol. The Morgan fingerprint density at radius 3 is 1.25 bits per heavy atom. The Labute approximate surface area is 539 Å². The predicted molar refractivity (Wildman–Crippen MR) is 344 cm³/mol. The summed E-state index contributed by atoms with van der Waals surface area (Å²) in [6, 6.07) is 56.7. The molecular formula is C68H86BrLiN6O12. The molecule has 0 fully saturated rings. The number of methoxy groups -OCH3 is 2. The fraction of sp³-hybridized carbons (Fsp3) is 0.324. The number of carboxylic acids is 1. The normalized spacial score (nSPS) is 11.8. The summed E-state index contributed by atoms with van der Waals surface area (Å²) < 4.78 is 25.2. The molecule has 0 spiro atoms. The number of benzene rings is 6. The number of rotatable bonds is 12. The summed E-state index contributed by atoms with van der Waals surface area (Å²) in [6.07, 6.45) is 1.82. The van der Waals surface area contributed by atoms with Crippen LogP contribution in [0.4, 0.5) is 0 Å². The number of para-hydroxylation sites is 4. The summed E-state index contributed by atoms with van der Waals surface area (Å²) in [5, 5.41) is 36.0. The molecule has 0 radical (unpaired) electrons. The number of phenols is 1. The van der Waals surface area contributed by atoms with Crippen molar-refractivity contribution in [1.82, 2.24) is 30.6 Å². The van der Waals surface area contributed by atoms with Gasteiger partial charge in [-0.3, -0.25) is 19.8 Å². The number of alkyl halides is 1. The van der Waals surface area contributed by atoms with Crippen molar-refractivity contribution in [3.63, 3.8) is 0 Å². The first-order valence-electron chi connectivity index (χ1n) is 27.2. The Kier molecular flexibility index (Phi) is 33.2. The van der Waals surface area contributed by atoms with Crippen molar-refractivity contribution in [2.24, 2.45) is 0 Å². The number of nitrogens with zero attached hydrogens (tertiary/aromatic N) is 3. The number of aliphatic carboxylic acids is 1. The van der Waals surface area contributed by atoms with E-state index in [1.54, 1.807) is 88.4 Å². The van der Waals surface area contributed by atoms with Gasteiger partial charge >= 0.3 is 36.8 Å². The van der Waals surface area contributed by atoms with Gasteiger partial charge in [-0.05, 0) is 104 Å². The van der Waals surface area contributed by atoms with Gasteiger partial charge in [-0.2, -0.15) is 10.2 Å². The van der Waals surface area contributed by atoms with Gasteiger partial charge in [0.05, 0.1) is 25.6 Å². The van der Waals surface area contributed by atoms with Crippen molar-refractivity contribution in [1.29, 1.82) is 0 Å². The molecule has 468 valence electrons. The van der Waals surface area contributed by atoms with E-state index in [9.17, 15) is 19.2 Å². The largest absolute Gasteiger partial charge is 1.00 e. The molecule has 0 unspecified atom stereocenters. The molecule has 6 N–H and O–H groups in total. The van der Waals surface area contributed by atoms with E-state index in [1.807, 2.05) is 128 Å². The number of aromatic nitrogens is 4. The number of hydrogen-bond donors (Lipinski definition) is 5. The number of carboxylic acid groups (broad SMARTS) is 1. The van der Waals surface area contributed by atoms with Gasteiger partial charge in [0.1, 0.15) is 27.3 Å². The number of hydrogen-bond acceptors (Lipinski definition) is 14. The molecule has 10 rings (SSSR count). The zero-order valence-electron chi connectivity index (χ0n) is 50.8. The van der Waals surface area contributed by atoms with Crippen molar-refractivity contribution in [3.8, 4) is 45.5 Å². The van der Waals surface area contributed by atoms with Crippen LogP contribution in [0.2, 0.25) is 0 Å². The molecule has 8 aromatic rings. The number of fused-ring (bicyclic) bond motifs is 2. The van der Waals surface area contributed by atoms with E-state index in [0.717, 1.165) is 54.1 Å². The van der Waals surface area contributed by atoms with Crippen molar-refractivity contribution in [2.45, 2.75) is 117 Å². The van der Waals surface area contributed by atoms with E-state index in [4.69, 9.17) is 24.4 Å². The van der Waals surface area contributed by atoms with Gasteiger partial charge < -0.3 is 49.6 Å². The van der Waals surface area contributed by atoms with Gasteiger partial charge in [-0.1, -0.05) is 164 Å². The molecule has 2 aliphatic heterocycles. The maximum Gasteiger partial charge on any atom is 1.00 e. The maximum atomic E-state index is 13.2. The standard InChI is InChI=1S/C22H23N3O2.C12H13N3.C11H14O3.C10H12O3.C6H6O.C5H9BrO2.2CH4.Li.H2O/c1-22(2,27-17-11-7-4-8-12-17)21(26)25-14-13-19-18(15-25)20(24-23-19)16-9-5-3-6-10-16;1-2-4-9(5-3-1)12-10-8-13-7-6-11(10)14-15-12;1-11(2,10(12)13-3)14-9-7-5-4-6-8-9;1-10(2,9(11)12)13-8-6-4-3-5-7-8;7-6-4-2-1-3-5-6;1-5(2,6)4(7)8-3;;;;/h3-12H,13-15H2,1-2H3,(H,23,24);1-5,13H,6-8H2,(H,14,15);4-8H,1-3H3;3-7H,1-2H3,(H,11,12);1-5,7H;1-3H3;2*1H4;;1H2/q;;;;;;;;+1;/p-1. The van der Waals surface area contributed by atoms with Gasteiger partial charge in [0.2, 0.25) is 0 Å². The summed E-state index contributed by atoms with van der Waals surface area (Å²) in [7, 11) is 2.71. The Bertz CT molecular complexity index is 3270. The predicted octanol–water partition coefficient (Wildman–Crippen LogP) is 10.3. The van der Waals surface area contributed by atoms with Crippen LogP contribution in [0.3, 0.4) is 0 Å². The first-order valence-corrected chi connectivity index (χ1v) is 28.0. The van der Waals surface area contributed by atoms with Crippen LogP contribution in [0, 0.1) is 0 Å². The van der Waals surface area contributed by atoms with Gasteiger partial charge in [0, 0.05) is 72.7 Å². The van der Waals surface area contributed by atoms with E-state index in [1.165, 1.54) is 44.9 Å². The van der Waals surface area contributed by atoms with Crippen LogP contribution in [0.5, 0.6) is 23.0 Å². The van der Waals surface area contributed by atoms with Gasteiger partial charge in [-0.25, -0.2) is 9.59 Å². The zero-order valence-corrected chi connectivity index (χ0v) is 52.4. The summed E-state index contributed by atoms with van der Waals surface area (Å²) >= 11 is 3.13. The Morgan fingerprint density at radius 2 is 0.886 bits per heavy atom. The van der Waals surface area contributed by atoms with Gasteiger partial charge in [0.15, 0.2) is 16.8 Å². The second kappa shape index (κ2) is 37.5. The minimum absolute atomic E-state index is 0. The number of halogens is 1. The Morgan fingerprint density at radius 1 is 0.523 bits per heavy atom. The van der Waals surface area contributed by atoms with Crippen molar-refractivity contribution in [3.05, 3.63) is 205 Å². The topological polar surface area (TPSA) is 258 Å². The quantitative estimate of drug-likeness (QED) is 0.0433. The third-order valence-electron chi connectivity index (χ3n) is 12.6. The number of carbonyl (C=O) groups is 4. The molecule has 6 aromatic carbocycles. The molecule has 0 saturated heterocycles. The van der Waals surface area contributed by atoms with Crippen LogP contribution in [-0.2, 0) is 54.6 Å². The van der Waals surface area contributed by atoms with Crippen molar-refractivity contribution >= 4 is 39.7 Å². The fourth-order valence-electron chi connectivity index (χ4n) is 8.14. The second-order valence-corrected chi connectivity index (χ2v) is 23.0. The minimum atomic E-state index is -1.18. The zero-order chi connectivity index (χ0) is 61.3. The molecule has 0 atom stereocenters. The molecule has 2 aliphatic rings. The molecule has 0 aliphatic carbocycles. The number of aromatic hydroxyl groups is 1. The molecule has 18 nitrogen and oxygen atoms in total. The molecule has 1 amide bonds. The fourth-order valence-corrected chi connectivity index (χ4v) is 8.30. The number of amides is 1. The molecule has 2 aromatic heterocycles. The summed E-state index contributed by atoms with van der Waals surface area (Å²) in [5.74, 6) is 0.606. The number of H-pyrrole nitrogens is 2. The number of carbonyl (C=O) groups excluding carboxylic acids is 3. The molecular weight excluding hydrogens is 1180 g/mol.